The van der Waals surface area contributed by atoms with Gasteiger partial charge in [-0.15, -0.1) is 0 Å². The van der Waals surface area contributed by atoms with Crippen LogP contribution in [0, 0.1) is 5.92 Å². The Kier molecular flexibility index (Phi) is 9.21. The number of rotatable bonds is 11. The molecule has 31 heavy (non-hydrogen) atoms. The van der Waals surface area contributed by atoms with Crippen molar-refractivity contribution in [3.63, 3.8) is 0 Å². The fourth-order valence-corrected chi connectivity index (χ4v) is 3.42. The van der Waals surface area contributed by atoms with Crippen molar-refractivity contribution in [2.75, 3.05) is 13.2 Å². The normalized spacial score (nSPS) is 16.3. The molecule has 172 valence electrons. The number of hydrogen-bond acceptors (Lipinski definition) is 5. The molecule has 2 amide bonds. The summed E-state index contributed by atoms with van der Waals surface area (Å²) in [5, 5.41) is 5.65. The second-order valence-corrected chi connectivity index (χ2v) is 8.16. The van der Waals surface area contributed by atoms with Crippen molar-refractivity contribution >= 4 is 12.0 Å². The Morgan fingerprint density at radius 1 is 1.06 bits per heavy atom. The quantitative estimate of drug-likeness (QED) is 0.385. The van der Waals surface area contributed by atoms with Gasteiger partial charge < -0.3 is 24.8 Å². The second-order valence-electron chi connectivity index (χ2n) is 8.16. The molecule has 2 rings (SSSR count). The summed E-state index contributed by atoms with van der Waals surface area (Å²) in [6.07, 6.45) is 2.92. The summed E-state index contributed by atoms with van der Waals surface area (Å²) in [5.41, 5.74) is 1.70. The van der Waals surface area contributed by atoms with E-state index in [4.69, 9.17) is 14.2 Å². The molecule has 0 fully saturated rings. The van der Waals surface area contributed by atoms with Crippen molar-refractivity contribution < 1.29 is 23.8 Å². The molecular weight excluding hydrogens is 396 g/mol. The number of urea groups is 1. The SMILES string of the molecule is CCCCCOc1ccc(C2NC(=O)NC(C(C)C)=C2C(=O)OC(C)C)cc1OCC. The lowest BCUT2D eigenvalue weighted by atomic mass is 9.91. The third kappa shape index (κ3) is 6.64. The van der Waals surface area contributed by atoms with Crippen molar-refractivity contribution in [1.29, 1.82) is 0 Å². The molecule has 2 N–H and O–H groups in total. The van der Waals surface area contributed by atoms with Crippen molar-refractivity contribution in [2.45, 2.75) is 73.0 Å². The van der Waals surface area contributed by atoms with Gasteiger partial charge in [-0.3, -0.25) is 0 Å². The smallest absolute Gasteiger partial charge is 0.338 e. The van der Waals surface area contributed by atoms with Crippen LogP contribution in [0.1, 0.15) is 72.4 Å². The molecule has 0 aliphatic carbocycles. The van der Waals surface area contributed by atoms with E-state index in [0.29, 0.717) is 36.0 Å². The molecule has 0 radical (unpaired) electrons. The van der Waals surface area contributed by atoms with Crippen LogP contribution in [0.15, 0.2) is 29.5 Å². The highest BCUT2D eigenvalue weighted by Gasteiger charge is 2.35. The summed E-state index contributed by atoms with van der Waals surface area (Å²) in [6.45, 7) is 12.6. The minimum absolute atomic E-state index is 0.0594. The van der Waals surface area contributed by atoms with Crippen LogP contribution in [0.25, 0.3) is 0 Å². The number of carbonyl (C=O) groups is 2. The maximum atomic E-state index is 13.0. The van der Waals surface area contributed by atoms with E-state index in [2.05, 4.69) is 17.6 Å². The number of benzene rings is 1. The first kappa shape index (κ1) is 24.6. The molecule has 0 bridgehead atoms. The first-order valence-electron chi connectivity index (χ1n) is 11.2. The summed E-state index contributed by atoms with van der Waals surface area (Å²) in [5.74, 6) is 0.734. The predicted molar refractivity (Wildman–Crippen MR) is 120 cm³/mol. The number of carbonyl (C=O) groups excluding carboxylic acids is 2. The first-order chi connectivity index (χ1) is 14.8. The van der Waals surface area contributed by atoms with Gasteiger partial charge in [0, 0.05) is 5.70 Å². The Balaban J connectivity index is 2.44. The molecule has 0 spiro atoms. The number of allylic oxidation sites excluding steroid dienone is 1. The fourth-order valence-electron chi connectivity index (χ4n) is 3.42. The van der Waals surface area contributed by atoms with E-state index in [0.717, 1.165) is 24.8 Å². The number of esters is 1. The molecule has 7 heteroatoms. The Labute approximate surface area is 185 Å². The average Bonchev–Trinajstić information content (AvgIpc) is 2.71. The Hall–Kier alpha value is -2.70. The Bertz CT molecular complexity index is 801. The van der Waals surface area contributed by atoms with Crippen molar-refractivity contribution in [1.82, 2.24) is 10.6 Å². The molecule has 0 saturated heterocycles. The van der Waals surface area contributed by atoms with Crippen molar-refractivity contribution in [3.8, 4) is 11.5 Å². The molecule has 0 saturated carbocycles. The molecule has 0 aromatic heterocycles. The highest BCUT2D eigenvalue weighted by atomic mass is 16.5. The van der Waals surface area contributed by atoms with Gasteiger partial charge >= 0.3 is 12.0 Å². The lowest BCUT2D eigenvalue weighted by Gasteiger charge is -2.31. The van der Waals surface area contributed by atoms with Crippen LogP contribution in [-0.2, 0) is 9.53 Å². The number of amides is 2. The van der Waals surface area contributed by atoms with E-state index in [9.17, 15) is 9.59 Å². The zero-order valence-electron chi connectivity index (χ0n) is 19.5. The van der Waals surface area contributed by atoms with Crippen LogP contribution >= 0.6 is 0 Å². The van der Waals surface area contributed by atoms with E-state index in [1.54, 1.807) is 13.8 Å². The fraction of sp³-hybridized carbons (Fsp3) is 0.583. The molecule has 1 unspecified atom stereocenters. The average molecular weight is 433 g/mol. The van der Waals surface area contributed by atoms with Crippen LogP contribution in [0.5, 0.6) is 11.5 Å². The van der Waals surface area contributed by atoms with Gasteiger partial charge in [0.1, 0.15) is 0 Å². The molecule has 1 aromatic rings. The molecular formula is C24H36N2O5. The number of ether oxygens (including phenoxy) is 3. The zero-order chi connectivity index (χ0) is 23.0. The maximum absolute atomic E-state index is 13.0. The standard InChI is InChI=1S/C24H36N2O5/c1-7-9-10-13-30-18-12-11-17(14-19(18)29-8-2)22-20(23(27)31-16(5)6)21(15(3)4)25-24(28)26-22/h11-12,14-16,22H,7-10,13H2,1-6H3,(H2,25,26,28). The van der Waals surface area contributed by atoms with E-state index in [1.807, 2.05) is 39.0 Å². The Morgan fingerprint density at radius 2 is 1.81 bits per heavy atom. The second kappa shape index (κ2) is 11.6. The highest BCUT2D eigenvalue weighted by Crippen LogP contribution is 2.36. The van der Waals surface area contributed by atoms with Gasteiger partial charge in [-0.1, -0.05) is 39.7 Å². The summed E-state index contributed by atoms with van der Waals surface area (Å²) in [4.78, 5) is 25.3. The lowest BCUT2D eigenvalue weighted by molar-refractivity contribution is -0.143. The van der Waals surface area contributed by atoms with Crippen LogP contribution in [0.2, 0.25) is 0 Å². The summed E-state index contributed by atoms with van der Waals surface area (Å²) in [6, 6.07) is 4.52. The summed E-state index contributed by atoms with van der Waals surface area (Å²) in [7, 11) is 0. The topological polar surface area (TPSA) is 85.9 Å². The minimum Gasteiger partial charge on any atom is -0.490 e. The predicted octanol–water partition coefficient (Wildman–Crippen LogP) is 4.87. The molecule has 1 aliphatic rings. The first-order valence-corrected chi connectivity index (χ1v) is 11.2. The van der Waals surface area contributed by atoms with Gasteiger partial charge in [0.2, 0.25) is 0 Å². The Morgan fingerprint density at radius 3 is 2.42 bits per heavy atom. The molecule has 1 atom stereocenters. The van der Waals surface area contributed by atoms with Gasteiger partial charge in [-0.25, -0.2) is 9.59 Å². The van der Waals surface area contributed by atoms with Crippen LogP contribution in [0.4, 0.5) is 4.79 Å². The third-order valence-electron chi connectivity index (χ3n) is 4.85. The van der Waals surface area contributed by atoms with Crippen LogP contribution in [-0.4, -0.2) is 31.3 Å². The monoisotopic (exact) mass is 432 g/mol. The van der Waals surface area contributed by atoms with E-state index >= 15 is 0 Å². The number of unbranched alkanes of at least 4 members (excludes halogenated alkanes) is 2. The molecule has 1 heterocycles. The maximum Gasteiger partial charge on any atom is 0.338 e. The molecule has 1 aromatic carbocycles. The zero-order valence-corrected chi connectivity index (χ0v) is 19.5. The number of nitrogens with one attached hydrogen (secondary N) is 2. The van der Waals surface area contributed by atoms with E-state index < -0.39 is 12.0 Å². The van der Waals surface area contributed by atoms with Gasteiger partial charge in [0.25, 0.3) is 0 Å². The van der Waals surface area contributed by atoms with Gasteiger partial charge in [0.15, 0.2) is 11.5 Å². The van der Waals surface area contributed by atoms with Gasteiger partial charge in [0.05, 0.1) is 30.9 Å². The van der Waals surface area contributed by atoms with Gasteiger partial charge in [-0.2, -0.15) is 0 Å². The molecule has 1 aliphatic heterocycles. The van der Waals surface area contributed by atoms with Crippen molar-refractivity contribution in [2.24, 2.45) is 5.92 Å². The minimum atomic E-state index is -0.647. The van der Waals surface area contributed by atoms with E-state index in [-0.39, 0.29) is 18.1 Å². The van der Waals surface area contributed by atoms with Crippen LogP contribution in [0.3, 0.4) is 0 Å². The van der Waals surface area contributed by atoms with E-state index in [1.165, 1.54) is 0 Å². The third-order valence-corrected chi connectivity index (χ3v) is 4.85. The number of hydrogen-bond donors (Lipinski definition) is 2. The summed E-state index contributed by atoms with van der Waals surface area (Å²) < 4.78 is 17.2. The largest absolute Gasteiger partial charge is 0.490 e. The summed E-state index contributed by atoms with van der Waals surface area (Å²) >= 11 is 0. The lowest BCUT2D eigenvalue weighted by Crippen LogP contribution is -2.47. The highest BCUT2D eigenvalue weighted by molar-refractivity contribution is 5.95. The van der Waals surface area contributed by atoms with Gasteiger partial charge in [-0.05, 0) is 50.8 Å². The van der Waals surface area contributed by atoms with Crippen LogP contribution < -0.4 is 20.1 Å². The van der Waals surface area contributed by atoms with Crippen molar-refractivity contribution in [3.05, 3.63) is 35.0 Å². The molecule has 7 nitrogen and oxygen atoms in total.